The zero-order chi connectivity index (χ0) is 20.3. The highest BCUT2D eigenvalue weighted by atomic mass is 35.5. The standard InChI is InChI=1S/C20H19ClFN3O3/c1-12-18(19(21)25(24-12)15-6-4-14(22)5-7-15)20(26)23-11-13-8-16(27-2)10-17(9-13)28-3/h4-10H,11H2,1-3H3,(H,23,26). The molecular formula is C20H19ClFN3O3. The van der Waals surface area contributed by atoms with E-state index in [1.54, 1.807) is 39.3 Å². The van der Waals surface area contributed by atoms with Crippen molar-refractivity contribution >= 4 is 17.5 Å². The Balaban J connectivity index is 1.81. The maximum Gasteiger partial charge on any atom is 0.256 e. The van der Waals surface area contributed by atoms with E-state index in [9.17, 15) is 9.18 Å². The zero-order valence-corrected chi connectivity index (χ0v) is 16.4. The molecule has 0 unspecified atom stereocenters. The molecule has 0 spiro atoms. The van der Waals surface area contributed by atoms with Gasteiger partial charge in [-0.1, -0.05) is 11.6 Å². The van der Waals surface area contributed by atoms with E-state index in [1.807, 2.05) is 0 Å². The molecular weight excluding hydrogens is 385 g/mol. The molecule has 2 aromatic carbocycles. The van der Waals surface area contributed by atoms with E-state index in [-0.39, 0.29) is 29.0 Å². The minimum Gasteiger partial charge on any atom is -0.497 e. The molecule has 1 amide bonds. The van der Waals surface area contributed by atoms with Gasteiger partial charge in [0.1, 0.15) is 22.5 Å². The molecule has 1 N–H and O–H groups in total. The second-order valence-electron chi connectivity index (χ2n) is 6.04. The highest BCUT2D eigenvalue weighted by molar-refractivity contribution is 6.33. The van der Waals surface area contributed by atoms with Crippen molar-refractivity contribution in [1.29, 1.82) is 0 Å². The van der Waals surface area contributed by atoms with Crippen LogP contribution in [-0.2, 0) is 6.54 Å². The van der Waals surface area contributed by atoms with Gasteiger partial charge in [-0.2, -0.15) is 5.10 Å². The second kappa shape index (κ2) is 8.31. The van der Waals surface area contributed by atoms with Crippen LogP contribution in [0.2, 0.25) is 5.15 Å². The van der Waals surface area contributed by atoms with Crippen LogP contribution >= 0.6 is 11.6 Å². The maximum absolute atomic E-state index is 13.1. The molecule has 0 aliphatic rings. The molecule has 0 radical (unpaired) electrons. The Morgan fingerprint density at radius 1 is 1.14 bits per heavy atom. The van der Waals surface area contributed by atoms with Gasteiger partial charge in [0.25, 0.3) is 5.91 Å². The number of halogens is 2. The Hall–Kier alpha value is -3.06. The van der Waals surface area contributed by atoms with Crippen LogP contribution in [0.25, 0.3) is 5.69 Å². The van der Waals surface area contributed by atoms with Gasteiger partial charge in [-0.25, -0.2) is 9.07 Å². The summed E-state index contributed by atoms with van der Waals surface area (Å²) >= 11 is 6.38. The van der Waals surface area contributed by atoms with Crippen molar-refractivity contribution in [2.45, 2.75) is 13.5 Å². The lowest BCUT2D eigenvalue weighted by Gasteiger charge is -2.10. The lowest BCUT2D eigenvalue weighted by Crippen LogP contribution is -2.23. The van der Waals surface area contributed by atoms with Crippen LogP contribution in [0.1, 0.15) is 21.6 Å². The Morgan fingerprint density at radius 3 is 2.32 bits per heavy atom. The number of hydrogen-bond acceptors (Lipinski definition) is 4. The van der Waals surface area contributed by atoms with Crippen LogP contribution in [0.3, 0.4) is 0 Å². The molecule has 6 nitrogen and oxygen atoms in total. The monoisotopic (exact) mass is 403 g/mol. The Labute approximate surface area is 166 Å². The Bertz CT molecular complexity index is 980. The van der Waals surface area contributed by atoms with Gasteiger partial charge in [0, 0.05) is 12.6 Å². The van der Waals surface area contributed by atoms with Gasteiger partial charge in [-0.3, -0.25) is 4.79 Å². The predicted molar refractivity (Wildman–Crippen MR) is 104 cm³/mol. The van der Waals surface area contributed by atoms with Gasteiger partial charge in [0.05, 0.1) is 31.2 Å². The topological polar surface area (TPSA) is 65.4 Å². The van der Waals surface area contributed by atoms with Crippen molar-refractivity contribution in [3.05, 3.63) is 70.3 Å². The average molecular weight is 404 g/mol. The summed E-state index contributed by atoms with van der Waals surface area (Å²) in [6, 6.07) is 11.0. The molecule has 3 rings (SSSR count). The Morgan fingerprint density at radius 2 is 1.75 bits per heavy atom. The van der Waals surface area contributed by atoms with Crippen LogP contribution in [0, 0.1) is 12.7 Å². The number of nitrogens with one attached hydrogen (secondary N) is 1. The third-order valence-electron chi connectivity index (χ3n) is 4.17. The van der Waals surface area contributed by atoms with E-state index in [0.29, 0.717) is 22.9 Å². The van der Waals surface area contributed by atoms with Gasteiger partial charge >= 0.3 is 0 Å². The normalized spacial score (nSPS) is 10.6. The molecule has 1 aromatic heterocycles. The molecule has 0 bridgehead atoms. The van der Waals surface area contributed by atoms with Crippen molar-refractivity contribution in [1.82, 2.24) is 15.1 Å². The zero-order valence-electron chi connectivity index (χ0n) is 15.6. The van der Waals surface area contributed by atoms with E-state index in [2.05, 4.69) is 10.4 Å². The number of carbonyl (C=O) groups excluding carboxylic acids is 1. The highest BCUT2D eigenvalue weighted by Crippen LogP contribution is 2.25. The van der Waals surface area contributed by atoms with Crippen LogP contribution in [0.15, 0.2) is 42.5 Å². The van der Waals surface area contributed by atoms with Crippen molar-refractivity contribution < 1.29 is 18.7 Å². The van der Waals surface area contributed by atoms with Gasteiger partial charge < -0.3 is 14.8 Å². The third kappa shape index (κ3) is 4.09. The minimum atomic E-state index is -0.365. The first kappa shape index (κ1) is 19.7. The summed E-state index contributed by atoms with van der Waals surface area (Å²) in [6.45, 7) is 1.94. The largest absolute Gasteiger partial charge is 0.497 e. The fourth-order valence-corrected chi connectivity index (χ4v) is 3.11. The van der Waals surface area contributed by atoms with E-state index in [4.69, 9.17) is 21.1 Å². The number of aryl methyl sites for hydroxylation is 1. The molecule has 28 heavy (non-hydrogen) atoms. The molecule has 0 saturated carbocycles. The summed E-state index contributed by atoms with van der Waals surface area (Å²) < 4.78 is 25.0. The van der Waals surface area contributed by atoms with E-state index in [0.717, 1.165) is 5.56 Å². The fraction of sp³-hybridized carbons (Fsp3) is 0.200. The van der Waals surface area contributed by atoms with Gasteiger partial charge in [0.2, 0.25) is 0 Å². The SMILES string of the molecule is COc1cc(CNC(=O)c2c(C)nn(-c3ccc(F)cc3)c2Cl)cc(OC)c1. The molecule has 3 aromatic rings. The molecule has 0 fully saturated rings. The van der Waals surface area contributed by atoms with Gasteiger partial charge in [-0.15, -0.1) is 0 Å². The van der Waals surface area contributed by atoms with E-state index >= 15 is 0 Å². The van der Waals surface area contributed by atoms with E-state index in [1.165, 1.54) is 28.9 Å². The van der Waals surface area contributed by atoms with E-state index < -0.39 is 0 Å². The Kier molecular flexibility index (Phi) is 5.84. The molecule has 146 valence electrons. The molecule has 0 atom stereocenters. The van der Waals surface area contributed by atoms with Crippen molar-refractivity contribution in [2.24, 2.45) is 0 Å². The average Bonchev–Trinajstić information content (AvgIpc) is 3.00. The van der Waals surface area contributed by atoms with Crippen LogP contribution < -0.4 is 14.8 Å². The third-order valence-corrected chi connectivity index (χ3v) is 4.52. The van der Waals surface area contributed by atoms with Gasteiger partial charge in [0.15, 0.2) is 0 Å². The molecule has 0 aliphatic heterocycles. The number of nitrogens with zero attached hydrogens (tertiary/aromatic N) is 2. The van der Waals surface area contributed by atoms with Crippen molar-refractivity contribution in [3.8, 4) is 17.2 Å². The summed E-state index contributed by atoms with van der Waals surface area (Å²) in [4.78, 5) is 12.7. The minimum absolute atomic E-state index is 0.157. The highest BCUT2D eigenvalue weighted by Gasteiger charge is 2.21. The van der Waals surface area contributed by atoms with Gasteiger partial charge in [-0.05, 0) is 48.9 Å². The van der Waals surface area contributed by atoms with Crippen molar-refractivity contribution in [2.75, 3.05) is 14.2 Å². The molecule has 0 saturated heterocycles. The number of hydrogen-bond donors (Lipinski definition) is 1. The summed E-state index contributed by atoms with van der Waals surface area (Å²) in [5, 5.41) is 7.29. The number of rotatable bonds is 6. The number of methoxy groups -OCH3 is 2. The number of carbonyl (C=O) groups is 1. The van der Waals surface area contributed by atoms with Crippen molar-refractivity contribution in [3.63, 3.8) is 0 Å². The quantitative estimate of drug-likeness (QED) is 0.677. The first-order valence-corrected chi connectivity index (χ1v) is 8.82. The number of ether oxygens (including phenoxy) is 2. The number of benzene rings is 2. The first-order chi connectivity index (χ1) is 13.4. The summed E-state index contributed by atoms with van der Waals surface area (Å²) in [5.74, 6) is 0.525. The molecule has 0 aliphatic carbocycles. The van der Waals surface area contributed by atoms with Crippen LogP contribution in [0.5, 0.6) is 11.5 Å². The lowest BCUT2D eigenvalue weighted by molar-refractivity contribution is 0.0950. The predicted octanol–water partition coefficient (Wildman–Crippen LogP) is 3.92. The number of aromatic nitrogens is 2. The first-order valence-electron chi connectivity index (χ1n) is 8.44. The molecule has 8 heteroatoms. The molecule has 1 heterocycles. The maximum atomic E-state index is 13.1. The second-order valence-corrected chi connectivity index (χ2v) is 6.40. The smallest absolute Gasteiger partial charge is 0.256 e. The summed E-state index contributed by atoms with van der Waals surface area (Å²) in [6.07, 6.45) is 0. The summed E-state index contributed by atoms with van der Waals surface area (Å²) in [7, 11) is 3.12. The van der Waals surface area contributed by atoms with Crippen LogP contribution in [0.4, 0.5) is 4.39 Å². The van der Waals surface area contributed by atoms with Crippen LogP contribution in [-0.4, -0.2) is 29.9 Å². The number of amides is 1. The summed E-state index contributed by atoms with van der Waals surface area (Å²) in [5.41, 5.74) is 2.10. The fourth-order valence-electron chi connectivity index (χ4n) is 2.75. The lowest BCUT2D eigenvalue weighted by atomic mass is 10.2.